The average molecular weight is 193 g/mol. The first-order chi connectivity index (χ1) is 4.29. The Morgan fingerprint density at radius 3 is 3.11 bits per heavy atom. The fourth-order valence-corrected chi connectivity index (χ4v) is 1.37. The Hall–Kier alpha value is -0.0500. The van der Waals surface area contributed by atoms with Gasteiger partial charge < -0.3 is 4.74 Å². The van der Waals surface area contributed by atoms with Crippen molar-refractivity contribution in [1.29, 1.82) is 0 Å². The van der Waals surface area contributed by atoms with Crippen molar-refractivity contribution in [1.82, 2.24) is 0 Å². The highest BCUT2D eigenvalue weighted by molar-refractivity contribution is 9.09. The summed E-state index contributed by atoms with van der Waals surface area (Å²) in [4.78, 5) is 10.6. The second-order valence-electron chi connectivity index (χ2n) is 2.15. The number of hydrogen-bond acceptors (Lipinski definition) is 2. The van der Waals surface area contributed by atoms with Crippen molar-refractivity contribution in [2.45, 2.75) is 30.7 Å². The SMILES string of the molecule is O=C1CCCCC(Br)O1. The van der Waals surface area contributed by atoms with Crippen LogP contribution in [0.15, 0.2) is 0 Å². The van der Waals surface area contributed by atoms with E-state index in [-0.39, 0.29) is 11.0 Å². The molecule has 0 aliphatic carbocycles. The molecule has 2 nitrogen and oxygen atoms in total. The largest absolute Gasteiger partial charge is 0.451 e. The summed E-state index contributed by atoms with van der Waals surface area (Å²) in [5, 5.41) is -0.0347. The molecule has 1 atom stereocenters. The Morgan fingerprint density at radius 2 is 2.33 bits per heavy atom. The highest BCUT2D eigenvalue weighted by atomic mass is 79.9. The van der Waals surface area contributed by atoms with Gasteiger partial charge in [0.15, 0.2) is 5.01 Å². The molecule has 1 rings (SSSR count). The van der Waals surface area contributed by atoms with Gasteiger partial charge in [0.1, 0.15) is 0 Å². The molecular formula is C6H9BrO2. The summed E-state index contributed by atoms with van der Waals surface area (Å²) in [7, 11) is 0. The highest BCUT2D eigenvalue weighted by Gasteiger charge is 2.14. The van der Waals surface area contributed by atoms with Crippen molar-refractivity contribution in [2.24, 2.45) is 0 Å². The fourth-order valence-electron chi connectivity index (χ4n) is 0.835. The molecule has 1 aliphatic rings. The van der Waals surface area contributed by atoms with Crippen LogP contribution >= 0.6 is 15.9 Å². The maximum absolute atomic E-state index is 10.6. The molecule has 0 radical (unpaired) electrons. The summed E-state index contributed by atoms with van der Waals surface area (Å²) in [6.45, 7) is 0. The van der Waals surface area contributed by atoms with Crippen molar-refractivity contribution < 1.29 is 9.53 Å². The normalized spacial score (nSPS) is 29.0. The molecule has 1 unspecified atom stereocenters. The number of esters is 1. The van der Waals surface area contributed by atoms with E-state index in [4.69, 9.17) is 4.74 Å². The number of cyclic esters (lactones) is 1. The summed E-state index contributed by atoms with van der Waals surface area (Å²) in [5.74, 6) is -0.0747. The molecule has 1 fully saturated rings. The first kappa shape index (κ1) is 7.06. The Labute approximate surface area is 62.7 Å². The Morgan fingerprint density at radius 1 is 1.56 bits per heavy atom. The first-order valence-electron chi connectivity index (χ1n) is 3.12. The van der Waals surface area contributed by atoms with Crippen molar-refractivity contribution >= 4 is 21.9 Å². The smallest absolute Gasteiger partial charge is 0.306 e. The zero-order valence-corrected chi connectivity index (χ0v) is 6.69. The van der Waals surface area contributed by atoms with Crippen molar-refractivity contribution in [3.8, 4) is 0 Å². The van der Waals surface area contributed by atoms with Crippen LogP contribution in [0, 0.1) is 0 Å². The first-order valence-corrected chi connectivity index (χ1v) is 4.04. The van der Waals surface area contributed by atoms with Gasteiger partial charge in [-0.25, -0.2) is 0 Å². The molecule has 52 valence electrons. The molecule has 0 aromatic rings. The van der Waals surface area contributed by atoms with Crippen molar-refractivity contribution in [3.63, 3.8) is 0 Å². The number of carbonyl (C=O) groups excluding carboxylic acids is 1. The van der Waals surface area contributed by atoms with Crippen LogP contribution in [0.5, 0.6) is 0 Å². The van der Waals surface area contributed by atoms with Gasteiger partial charge >= 0.3 is 5.97 Å². The lowest BCUT2D eigenvalue weighted by Crippen LogP contribution is -2.07. The summed E-state index contributed by atoms with van der Waals surface area (Å²) >= 11 is 3.24. The van der Waals surface area contributed by atoms with Crippen LogP contribution in [-0.4, -0.2) is 11.0 Å². The van der Waals surface area contributed by atoms with E-state index in [2.05, 4.69) is 15.9 Å². The van der Waals surface area contributed by atoms with Crippen LogP contribution in [0.1, 0.15) is 25.7 Å². The molecule has 1 saturated heterocycles. The lowest BCUT2D eigenvalue weighted by Gasteiger charge is -2.04. The number of rotatable bonds is 0. The second-order valence-corrected chi connectivity index (χ2v) is 3.17. The zero-order chi connectivity index (χ0) is 6.69. The van der Waals surface area contributed by atoms with Crippen LogP contribution in [0.4, 0.5) is 0 Å². The minimum absolute atomic E-state index is 0.0347. The van der Waals surface area contributed by atoms with E-state index in [1.165, 1.54) is 0 Å². The molecule has 3 heteroatoms. The van der Waals surface area contributed by atoms with Gasteiger partial charge in [0.2, 0.25) is 0 Å². The molecule has 0 bridgehead atoms. The van der Waals surface area contributed by atoms with E-state index in [9.17, 15) is 4.79 Å². The summed E-state index contributed by atoms with van der Waals surface area (Å²) in [6.07, 6.45) is 3.59. The minimum atomic E-state index is -0.0747. The molecule has 0 N–H and O–H groups in total. The molecule has 9 heavy (non-hydrogen) atoms. The van der Waals surface area contributed by atoms with Gasteiger partial charge in [0.25, 0.3) is 0 Å². The number of alkyl halides is 1. The third kappa shape index (κ3) is 2.35. The van der Waals surface area contributed by atoms with E-state index in [1.54, 1.807) is 0 Å². The van der Waals surface area contributed by atoms with Gasteiger partial charge in [-0.2, -0.15) is 0 Å². The van der Waals surface area contributed by atoms with E-state index in [0.717, 1.165) is 19.3 Å². The van der Waals surface area contributed by atoms with Crippen molar-refractivity contribution in [2.75, 3.05) is 0 Å². The maximum atomic E-state index is 10.6. The Bertz CT molecular complexity index is 114. The molecule has 0 spiro atoms. The van der Waals surface area contributed by atoms with Gasteiger partial charge in [-0.3, -0.25) is 4.79 Å². The molecule has 0 aromatic carbocycles. The predicted molar refractivity (Wildman–Crippen MR) is 37.3 cm³/mol. The second kappa shape index (κ2) is 3.20. The quantitative estimate of drug-likeness (QED) is 0.433. The van der Waals surface area contributed by atoms with Crippen LogP contribution in [0.3, 0.4) is 0 Å². The summed E-state index contributed by atoms with van der Waals surface area (Å²) in [5.41, 5.74) is 0. The van der Waals surface area contributed by atoms with Gasteiger partial charge in [-0.1, -0.05) is 0 Å². The standard InChI is InChI=1S/C6H9BrO2/c7-5-3-1-2-4-6(8)9-5/h5H,1-4H2. The van der Waals surface area contributed by atoms with Gasteiger partial charge in [-0.15, -0.1) is 0 Å². The van der Waals surface area contributed by atoms with E-state index < -0.39 is 0 Å². The van der Waals surface area contributed by atoms with Gasteiger partial charge in [0, 0.05) is 6.42 Å². The third-order valence-corrected chi connectivity index (χ3v) is 1.97. The van der Waals surface area contributed by atoms with E-state index in [0.29, 0.717) is 6.42 Å². The molecule has 0 saturated carbocycles. The van der Waals surface area contributed by atoms with Crippen LogP contribution in [0.25, 0.3) is 0 Å². The monoisotopic (exact) mass is 192 g/mol. The van der Waals surface area contributed by atoms with Crippen LogP contribution in [0.2, 0.25) is 0 Å². The van der Waals surface area contributed by atoms with E-state index >= 15 is 0 Å². The van der Waals surface area contributed by atoms with Crippen LogP contribution in [-0.2, 0) is 9.53 Å². The van der Waals surface area contributed by atoms with E-state index in [1.807, 2.05) is 0 Å². The molecule has 0 amide bonds. The summed E-state index contributed by atoms with van der Waals surface area (Å²) in [6, 6.07) is 0. The third-order valence-electron chi connectivity index (χ3n) is 1.32. The highest BCUT2D eigenvalue weighted by Crippen LogP contribution is 2.17. The molecule has 0 aromatic heterocycles. The van der Waals surface area contributed by atoms with Gasteiger partial charge in [0.05, 0.1) is 0 Å². The molecule has 1 heterocycles. The number of halogens is 1. The average Bonchev–Trinajstić information content (AvgIpc) is 1.93. The number of hydrogen-bond donors (Lipinski definition) is 0. The Kier molecular flexibility index (Phi) is 2.51. The Balaban J connectivity index is 2.37. The predicted octanol–water partition coefficient (Wildman–Crippen LogP) is 1.82. The minimum Gasteiger partial charge on any atom is -0.451 e. The van der Waals surface area contributed by atoms with Crippen molar-refractivity contribution in [3.05, 3.63) is 0 Å². The zero-order valence-electron chi connectivity index (χ0n) is 5.10. The van der Waals surface area contributed by atoms with Crippen LogP contribution < -0.4 is 0 Å². The number of ether oxygens (including phenoxy) is 1. The lowest BCUT2D eigenvalue weighted by molar-refractivity contribution is -0.143. The topological polar surface area (TPSA) is 26.3 Å². The fraction of sp³-hybridized carbons (Fsp3) is 0.833. The summed E-state index contributed by atoms with van der Waals surface area (Å²) < 4.78 is 4.89. The lowest BCUT2D eigenvalue weighted by atomic mass is 10.2. The molecule has 1 aliphatic heterocycles. The maximum Gasteiger partial charge on any atom is 0.306 e. The number of carbonyl (C=O) groups is 1. The van der Waals surface area contributed by atoms with Gasteiger partial charge in [-0.05, 0) is 35.2 Å². The molecular weight excluding hydrogens is 184 g/mol.